The van der Waals surface area contributed by atoms with E-state index in [4.69, 9.17) is 14.2 Å². The molecule has 0 aromatic rings. The van der Waals surface area contributed by atoms with Crippen LogP contribution in [-0.2, 0) is 19.0 Å². The summed E-state index contributed by atoms with van der Waals surface area (Å²) >= 11 is 0. The predicted octanol–water partition coefficient (Wildman–Crippen LogP) is 2.24. The van der Waals surface area contributed by atoms with Gasteiger partial charge in [0.1, 0.15) is 6.10 Å². The Labute approximate surface area is 131 Å². The molecule has 0 aromatic heterocycles. The van der Waals surface area contributed by atoms with Crippen LogP contribution in [0.15, 0.2) is 12.2 Å². The molecular formula is C17H26O5. The number of ether oxygens (including phenoxy) is 3. The maximum atomic E-state index is 11.9. The number of fused-ring (bicyclic) bond motifs is 2. The topological polar surface area (TPSA) is 65.0 Å². The van der Waals surface area contributed by atoms with E-state index in [1.165, 1.54) is 0 Å². The maximum Gasteiger partial charge on any atom is 0.334 e. The minimum atomic E-state index is -0.791. The highest BCUT2D eigenvalue weighted by atomic mass is 16.7. The Kier molecular flexibility index (Phi) is 4.08. The van der Waals surface area contributed by atoms with Gasteiger partial charge in [0.25, 0.3) is 0 Å². The Balaban J connectivity index is 1.95. The third-order valence-electron chi connectivity index (χ3n) is 5.81. The molecule has 3 aliphatic rings. The quantitative estimate of drug-likeness (QED) is 0.626. The zero-order valence-corrected chi connectivity index (χ0v) is 13.6. The highest BCUT2D eigenvalue weighted by molar-refractivity contribution is 5.90. The van der Waals surface area contributed by atoms with Crippen LogP contribution >= 0.6 is 0 Å². The molecule has 2 heterocycles. The van der Waals surface area contributed by atoms with Gasteiger partial charge < -0.3 is 19.3 Å². The Hall–Kier alpha value is -0.910. The van der Waals surface area contributed by atoms with Crippen LogP contribution in [0.25, 0.3) is 0 Å². The summed E-state index contributed by atoms with van der Waals surface area (Å²) in [7, 11) is 0. The van der Waals surface area contributed by atoms with E-state index in [1.807, 2.05) is 6.92 Å². The number of hydrogen-bond acceptors (Lipinski definition) is 5. The fraction of sp³-hybridized carbons (Fsp3) is 0.824. The monoisotopic (exact) mass is 310 g/mol. The van der Waals surface area contributed by atoms with Crippen LogP contribution in [0.3, 0.4) is 0 Å². The molecule has 7 atom stereocenters. The lowest BCUT2D eigenvalue weighted by molar-refractivity contribution is -0.318. The van der Waals surface area contributed by atoms with Crippen LogP contribution in [0, 0.1) is 23.2 Å². The highest BCUT2D eigenvalue weighted by Gasteiger charge is 2.56. The lowest BCUT2D eigenvalue weighted by atomic mass is 9.65. The van der Waals surface area contributed by atoms with Crippen LogP contribution in [0.5, 0.6) is 0 Å². The van der Waals surface area contributed by atoms with Crippen molar-refractivity contribution in [2.75, 3.05) is 6.61 Å². The maximum absolute atomic E-state index is 11.9. The fourth-order valence-electron chi connectivity index (χ4n) is 4.67. The number of hydrogen-bond donors (Lipinski definition) is 1. The Morgan fingerprint density at radius 3 is 2.86 bits per heavy atom. The fourth-order valence-corrected chi connectivity index (χ4v) is 4.67. The normalized spacial score (nSPS) is 48.4. The van der Waals surface area contributed by atoms with Crippen LogP contribution in [0.4, 0.5) is 0 Å². The van der Waals surface area contributed by atoms with E-state index < -0.39 is 12.6 Å². The largest absolute Gasteiger partial charge is 0.458 e. The van der Waals surface area contributed by atoms with E-state index in [0.29, 0.717) is 24.5 Å². The van der Waals surface area contributed by atoms with Crippen molar-refractivity contribution in [1.82, 2.24) is 0 Å². The summed E-state index contributed by atoms with van der Waals surface area (Å²) in [5.41, 5.74) is 0.311. The molecular weight excluding hydrogens is 284 g/mol. The van der Waals surface area contributed by atoms with Gasteiger partial charge in [-0.25, -0.2) is 4.79 Å². The van der Waals surface area contributed by atoms with Gasteiger partial charge in [-0.2, -0.15) is 0 Å². The number of aliphatic hydroxyl groups is 1. The van der Waals surface area contributed by atoms with Gasteiger partial charge in [0.2, 0.25) is 0 Å². The molecule has 5 heteroatoms. The molecule has 0 spiro atoms. The molecule has 0 amide bonds. The van der Waals surface area contributed by atoms with Crippen molar-refractivity contribution in [3.8, 4) is 0 Å². The van der Waals surface area contributed by atoms with E-state index in [-0.39, 0.29) is 29.3 Å². The predicted molar refractivity (Wildman–Crippen MR) is 79.6 cm³/mol. The lowest BCUT2D eigenvalue weighted by Gasteiger charge is -2.49. The van der Waals surface area contributed by atoms with Crippen LogP contribution in [-0.4, -0.2) is 36.4 Å². The molecule has 7 unspecified atom stereocenters. The van der Waals surface area contributed by atoms with E-state index in [2.05, 4.69) is 20.4 Å². The summed E-state index contributed by atoms with van der Waals surface area (Å²) in [5, 5.41) is 10.1. The van der Waals surface area contributed by atoms with Crippen LogP contribution in [0.2, 0.25) is 0 Å². The van der Waals surface area contributed by atoms with Gasteiger partial charge in [-0.3, -0.25) is 0 Å². The van der Waals surface area contributed by atoms with Crippen LogP contribution < -0.4 is 0 Å². The molecule has 3 rings (SSSR count). The third-order valence-corrected chi connectivity index (χ3v) is 5.81. The van der Waals surface area contributed by atoms with Gasteiger partial charge in [0, 0.05) is 29.9 Å². The third kappa shape index (κ3) is 2.39. The zero-order valence-electron chi connectivity index (χ0n) is 13.6. The van der Waals surface area contributed by atoms with E-state index in [9.17, 15) is 9.90 Å². The average Bonchev–Trinajstić information content (AvgIpc) is 2.64. The molecule has 2 aliphatic heterocycles. The number of aliphatic hydroxyl groups excluding tert-OH is 1. The first kappa shape index (κ1) is 16.0. The van der Waals surface area contributed by atoms with Crippen molar-refractivity contribution in [2.24, 2.45) is 23.2 Å². The summed E-state index contributed by atoms with van der Waals surface area (Å²) < 4.78 is 17.0. The first-order valence-electron chi connectivity index (χ1n) is 8.21. The number of carbonyl (C=O) groups excluding carboxylic acids is 1. The molecule has 1 saturated carbocycles. The number of carbonyl (C=O) groups is 1. The summed E-state index contributed by atoms with van der Waals surface area (Å²) in [6.07, 6.45) is 0.797. The standard InChI is InChI=1S/C17H26O5/c1-5-20-16-17(4)8-11-10(3)15(19)21-13(11)6-9(2)12(17)7-14(18)22-16/h9,11-14,16,18H,3,5-8H2,1-2,4H3. The van der Waals surface area contributed by atoms with E-state index in [0.717, 1.165) is 12.8 Å². The second-order valence-corrected chi connectivity index (χ2v) is 7.22. The summed E-state index contributed by atoms with van der Waals surface area (Å²) in [6.45, 7) is 10.7. The van der Waals surface area contributed by atoms with Crippen molar-refractivity contribution in [3.05, 3.63) is 12.2 Å². The molecule has 0 bridgehead atoms. The van der Waals surface area contributed by atoms with Gasteiger partial charge in [0.15, 0.2) is 12.6 Å². The van der Waals surface area contributed by atoms with Crippen molar-refractivity contribution in [1.29, 1.82) is 0 Å². The molecule has 0 aromatic carbocycles. The van der Waals surface area contributed by atoms with Crippen molar-refractivity contribution in [2.45, 2.75) is 58.7 Å². The van der Waals surface area contributed by atoms with Crippen LogP contribution in [0.1, 0.15) is 40.0 Å². The molecule has 2 saturated heterocycles. The van der Waals surface area contributed by atoms with Gasteiger partial charge >= 0.3 is 5.97 Å². The smallest absolute Gasteiger partial charge is 0.334 e. The van der Waals surface area contributed by atoms with E-state index in [1.54, 1.807) is 0 Å². The molecule has 22 heavy (non-hydrogen) atoms. The van der Waals surface area contributed by atoms with Gasteiger partial charge in [0.05, 0.1) is 0 Å². The summed E-state index contributed by atoms with van der Waals surface area (Å²) in [4.78, 5) is 11.9. The molecule has 3 fully saturated rings. The Morgan fingerprint density at radius 2 is 2.18 bits per heavy atom. The SMILES string of the molecule is C=C1C(=O)OC2CC(C)C3CC(O)OC(OCC)C3(C)CC12. The van der Waals surface area contributed by atoms with E-state index >= 15 is 0 Å². The first-order chi connectivity index (χ1) is 10.4. The Bertz CT molecular complexity index is 476. The molecule has 1 aliphatic carbocycles. The second kappa shape index (κ2) is 5.62. The lowest BCUT2D eigenvalue weighted by Crippen LogP contribution is -2.52. The number of rotatable bonds is 2. The van der Waals surface area contributed by atoms with Crippen molar-refractivity contribution >= 4 is 5.97 Å². The second-order valence-electron chi connectivity index (χ2n) is 7.22. The minimum Gasteiger partial charge on any atom is -0.458 e. The van der Waals surface area contributed by atoms with Crippen molar-refractivity contribution < 1.29 is 24.1 Å². The molecule has 124 valence electrons. The van der Waals surface area contributed by atoms with Gasteiger partial charge in [-0.1, -0.05) is 20.4 Å². The highest BCUT2D eigenvalue weighted by Crippen LogP contribution is 2.55. The minimum absolute atomic E-state index is 0.0201. The molecule has 5 nitrogen and oxygen atoms in total. The summed E-state index contributed by atoms with van der Waals surface area (Å²) in [5.74, 6) is 0.339. The average molecular weight is 310 g/mol. The molecule has 1 N–H and O–H groups in total. The van der Waals surface area contributed by atoms with Gasteiger partial charge in [-0.15, -0.1) is 0 Å². The number of esters is 1. The first-order valence-corrected chi connectivity index (χ1v) is 8.21. The summed E-state index contributed by atoms with van der Waals surface area (Å²) in [6, 6.07) is 0. The zero-order chi connectivity index (χ0) is 16.1. The van der Waals surface area contributed by atoms with Crippen molar-refractivity contribution in [3.63, 3.8) is 0 Å². The van der Waals surface area contributed by atoms with Gasteiger partial charge in [-0.05, 0) is 31.6 Å². The molecule has 0 radical (unpaired) electrons. The Morgan fingerprint density at radius 1 is 1.45 bits per heavy atom.